The van der Waals surface area contributed by atoms with E-state index in [9.17, 15) is 4.79 Å². The van der Waals surface area contributed by atoms with Gasteiger partial charge in [-0.2, -0.15) is 5.26 Å². The van der Waals surface area contributed by atoms with Crippen molar-refractivity contribution in [2.24, 2.45) is 11.8 Å². The fraction of sp³-hybridized carbons (Fsp3) is 0.429. The molecule has 0 saturated heterocycles. The maximum atomic E-state index is 12.1. The lowest BCUT2D eigenvalue weighted by atomic mass is 9.96. The predicted molar refractivity (Wildman–Crippen MR) is 77.1 cm³/mol. The van der Waals surface area contributed by atoms with E-state index in [-0.39, 0.29) is 11.8 Å². The van der Waals surface area contributed by atoms with Crippen molar-refractivity contribution in [3.05, 3.63) is 17.2 Å². The molecule has 1 amide bonds. The van der Waals surface area contributed by atoms with Gasteiger partial charge in [-0.15, -0.1) is 0 Å². The molecule has 0 bridgehead atoms. The van der Waals surface area contributed by atoms with Crippen LogP contribution in [-0.2, 0) is 4.79 Å². The van der Waals surface area contributed by atoms with Crippen LogP contribution in [0.15, 0.2) is 12.1 Å². The van der Waals surface area contributed by atoms with E-state index in [0.29, 0.717) is 22.2 Å². The molecule has 0 spiro atoms. The van der Waals surface area contributed by atoms with Gasteiger partial charge in [0.1, 0.15) is 17.4 Å². The molecule has 0 aliphatic carbocycles. The number of hydrogen-bond acceptors (Lipinski definition) is 4. The van der Waals surface area contributed by atoms with Crippen molar-refractivity contribution >= 4 is 23.2 Å². The first-order chi connectivity index (χ1) is 9.44. The van der Waals surface area contributed by atoms with E-state index in [4.69, 9.17) is 26.3 Å². The van der Waals surface area contributed by atoms with Crippen LogP contribution in [0.5, 0.6) is 11.5 Å². The molecule has 0 heterocycles. The second kappa shape index (κ2) is 7.01. The molecule has 0 saturated carbocycles. The highest BCUT2D eigenvalue weighted by Gasteiger charge is 2.23. The molecule has 0 aliphatic rings. The topological polar surface area (TPSA) is 71.3 Å². The van der Waals surface area contributed by atoms with Gasteiger partial charge in [0, 0.05) is 6.07 Å². The molecule has 1 aromatic rings. The van der Waals surface area contributed by atoms with Gasteiger partial charge in [-0.25, -0.2) is 0 Å². The number of carbonyl (C=O) groups is 1. The summed E-state index contributed by atoms with van der Waals surface area (Å²) in [6.07, 6.45) is 0. The Morgan fingerprint density at radius 3 is 2.35 bits per heavy atom. The largest absolute Gasteiger partial charge is 0.495 e. The van der Waals surface area contributed by atoms with Crippen LogP contribution in [-0.4, -0.2) is 20.1 Å². The number of rotatable bonds is 5. The number of halogens is 1. The maximum absolute atomic E-state index is 12.1. The van der Waals surface area contributed by atoms with Crippen LogP contribution in [0, 0.1) is 23.2 Å². The van der Waals surface area contributed by atoms with Crippen LogP contribution in [0.3, 0.4) is 0 Å². The zero-order valence-corrected chi connectivity index (χ0v) is 12.6. The van der Waals surface area contributed by atoms with Gasteiger partial charge in [0.25, 0.3) is 0 Å². The monoisotopic (exact) mass is 296 g/mol. The average Bonchev–Trinajstić information content (AvgIpc) is 2.39. The van der Waals surface area contributed by atoms with Crippen LogP contribution in [0.1, 0.15) is 13.8 Å². The molecule has 1 rings (SSSR count). The molecular formula is C14H17ClN2O3. The molecular weight excluding hydrogens is 280 g/mol. The summed E-state index contributed by atoms with van der Waals surface area (Å²) in [7, 11) is 2.96. The summed E-state index contributed by atoms with van der Waals surface area (Å²) < 4.78 is 10.3. The zero-order valence-electron chi connectivity index (χ0n) is 11.9. The number of amides is 1. The summed E-state index contributed by atoms with van der Waals surface area (Å²) in [4.78, 5) is 12.1. The average molecular weight is 297 g/mol. The molecule has 6 heteroatoms. The standard InChI is InChI=1S/C14H17ClN2O3/c1-8(2)9(7-16)14(18)17-11-5-10(15)12(19-3)6-13(11)20-4/h5-6,8-9H,1-4H3,(H,17,18). The highest BCUT2D eigenvalue weighted by Crippen LogP contribution is 2.36. The quantitative estimate of drug-likeness (QED) is 0.906. The lowest BCUT2D eigenvalue weighted by molar-refractivity contribution is -0.119. The van der Waals surface area contributed by atoms with Crippen LogP contribution in [0.25, 0.3) is 0 Å². The van der Waals surface area contributed by atoms with E-state index in [2.05, 4.69) is 5.32 Å². The number of anilines is 1. The first-order valence-corrected chi connectivity index (χ1v) is 6.44. The summed E-state index contributed by atoms with van der Waals surface area (Å²) in [5.74, 6) is -0.343. The van der Waals surface area contributed by atoms with Crippen LogP contribution in [0.4, 0.5) is 5.69 Å². The summed E-state index contributed by atoms with van der Waals surface area (Å²) in [5, 5.41) is 12.0. The first-order valence-electron chi connectivity index (χ1n) is 6.06. The minimum absolute atomic E-state index is 0.0836. The van der Waals surface area contributed by atoms with Crippen molar-refractivity contribution in [3.63, 3.8) is 0 Å². The number of nitrogens with one attached hydrogen (secondary N) is 1. The maximum Gasteiger partial charge on any atom is 0.242 e. The van der Waals surface area contributed by atoms with Crippen molar-refractivity contribution < 1.29 is 14.3 Å². The van der Waals surface area contributed by atoms with Crippen molar-refractivity contribution in [3.8, 4) is 17.6 Å². The number of hydrogen-bond donors (Lipinski definition) is 1. The molecule has 108 valence electrons. The van der Waals surface area contributed by atoms with Gasteiger partial charge < -0.3 is 14.8 Å². The van der Waals surface area contributed by atoms with E-state index in [0.717, 1.165) is 0 Å². The minimum Gasteiger partial charge on any atom is -0.495 e. The van der Waals surface area contributed by atoms with E-state index in [1.54, 1.807) is 6.07 Å². The van der Waals surface area contributed by atoms with Crippen LogP contribution in [0.2, 0.25) is 5.02 Å². The first kappa shape index (κ1) is 16.1. The van der Waals surface area contributed by atoms with E-state index >= 15 is 0 Å². The fourth-order valence-corrected chi connectivity index (χ4v) is 1.92. The van der Waals surface area contributed by atoms with Crippen molar-refractivity contribution in [2.75, 3.05) is 19.5 Å². The Morgan fingerprint density at radius 2 is 1.90 bits per heavy atom. The number of methoxy groups -OCH3 is 2. The molecule has 0 radical (unpaired) electrons. The number of benzene rings is 1. The van der Waals surface area contributed by atoms with Gasteiger partial charge in [0.15, 0.2) is 0 Å². The summed E-state index contributed by atoms with van der Waals surface area (Å²) in [6, 6.07) is 5.10. The fourth-order valence-electron chi connectivity index (χ4n) is 1.68. The highest BCUT2D eigenvalue weighted by molar-refractivity contribution is 6.32. The lowest BCUT2D eigenvalue weighted by Gasteiger charge is -2.16. The Labute approximate surface area is 123 Å². The number of ether oxygens (including phenoxy) is 2. The van der Waals surface area contributed by atoms with Crippen molar-refractivity contribution in [1.82, 2.24) is 0 Å². The molecule has 1 atom stereocenters. The summed E-state index contributed by atoms with van der Waals surface area (Å²) >= 11 is 6.02. The molecule has 0 fully saturated rings. The Morgan fingerprint density at radius 1 is 1.30 bits per heavy atom. The normalized spacial score (nSPS) is 11.7. The molecule has 1 N–H and O–H groups in total. The molecule has 0 aromatic heterocycles. The molecule has 20 heavy (non-hydrogen) atoms. The van der Waals surface area contributed by atoms with Gasteiger partial charge in [-0.3, -0.25) is 4.79 Å². The number of nitriles is 1. The third-order valence-electron chi connectivity index (χ3n) is 2.82. The van der Waals surface area contributed by atoms with E-state index in [1.165, 1.54) is 20.3 Å². The van der Waals surface area contributed by atoms with Crippen LogP contribution >= 0.6 is 11.6 Å². The van der Waals surface area contributed by atoms with Crippen molar-refractivity contribution in [1.29, 1.82) is 5.26 Å². The minimum atomic E-state index is -0.736. The van der Waals surface area contributed by atoms with E-state index < -0.39 is 5.92 Å². The SMILES string of the molecule is COc1cc(OC)c(NC(=O)C(C#N)C(C)C)cc1Cl. The Balaban J connectivity index is 3.06. The number of nitrogens with zero attached hydrogens (tertiary/aromatic N) is 1. The molecule has 0 aliphatic heterocycles. The van der Waals surface area contributed by atoms with Crippen molar-refractivity contribution in [2.45, 2.75) is 13.8 Å². The second-order valence-electron chi connectivity index (χ2n) is 4.53. The molecule has 5 nitrogen and oxygen atoms in total. The third kappa shape index (κ3) is 3.55. The highest BCUT2D eigenvalue weighted by atomic mass is 35.5. The van der Waals surface area contributed by atoms with Gasteiger partial charge >= 0.3 is 0 Å². The number of carbonyl (C=O) groups excluding carboxylic acids is 1. The Hall–Kier alpha value is -1.93. The summed E-state index contributed by atoms with van der Waals surface area (Å²) in [6.45, 7) is 3.62. The third-order valence-corrected chi connectivity index (χ3v) is 3.12. The second-order valence-corrected chi connectivity index (χ2v) is 4.93. The molecule has 1 unspecified atom stereocenters. The van der Waals surface area contributed by atoms with Gasteiger partial charge in [0.05, 0.1) is 31.0 Å². The predicted octanol–water partition coefficient (Wildman–Crippen LogP) is 3.09. The van der Waals surface area contributed by atoms with Gasteiger partial charge in [0.2, 0.25) is 5.91 Å². The molecule has 1 aromatic carbocycles. The van der Waals surface area contributed by atoms with E-state index in [1.807, 2.05) is 19.9 Å². The Kier molecular flexibility index (Phi) is 5.66. The smallest absolute Gasteiger partial charge is 0.242 e. The van der Waals surface area contributed by atoms with Gasteiger partial charge in [-0.1, -0.05) is 25.4 Å². The Bertz CT molecular complexity index is 538. The van der Waals surface area contributed by atoms with Gasteiger partial charge in [-0.05, 0) is 12.0 Å². The lowest BCUT2D eigenvalue weighted by Crippen LogP contribution is -2.25. The summed E-state index contributed by atoms with van der Waals surface area (Å²) in [5.41, 5.74) is 0.407. The zero-order chi connectivity index (χ0) is 15.3. The van der Waals surface area contributed by atoms with Crippen LogP contribution < -0.4 is 14.8 Å².